The SMILES string of the molecule is CCOC(=O)C1=C(C)N=c2s/c(=C/c3cc(Br)c(OCc4ccc(F)cc4)c(OC)c3)c(=O)n2[C@@H]1c1ccccc1OC(C)C. The summed E-state index contributed by atoms with van der Waals surface area (Å²) < 4.78 is 39.0. The third kappa shape index (κ3) is 6.89. The largest absolute Gasteiger partial charge is 0.493 e. The molecule has 1 aliphatic heterocycles. The minimum absolute atomic E-state index is 0.130. The summed E-state index contributed by atoms with van der Waals surface area (Å²) in [6, 6.07) is 16.2. The zero-order chi connectivity index (χ0) is 32.2. The highest BCUT2D eigenvalue weighted by Crippen LogP contribution is 2.38. The molecule has 2 heterocycles. The van der Waals surface area contributed by atoms with Gasteiger partial charge in [-0.05, 0) is 91.2 Å². The van der Waals surface area contributed by atoms with Gasteiger partial charge in [0.2, 0.25) is 0 Å². The number of fused-ring (bicyclic) bond motifs is 1. The molecule has 0 fully saturated rings. The van der Waals surface area contributed by atoms with Crippen LogP contribution in [0.1, 0.15) is 50.4 Å². The molecule has 45 heavy (non-hydrogen) atoms. The molecule has 11 heteroatoms. The Kier molecular flexibility index (Phi) is 9.89. The van der Waals surface area contributed by atoms with Gasteiger partial charge in [-0.3, -0.25) is 9.36 Å². The molecule has 234 valence electrons. The van der Waals surface area contributed by atoms with E-state index in [1.54, 1.807) is 38.1 Å². The van der Waals surface area contributed by atoms with Crippen molar-refractivity contribution in [2.75, 3.05) is 13.7 Å². The lowest BCUT2D eigenvalue weighted by Gasteiger charge is -2.26. The topological polar surface area (TPSA) is 88.4 Å². The first-order valence-corrected chi connectivity index (χ1v) is 15.9. The fourth-order valence-corrected chi connectivity index (χ4v) is 6.62. The molecule has 0 saturated heterocycles. The molecule has 1 aliphatic rings. The average molecular weight is 696 g/mol. The summed E-state index contributed by atoms with van der Waals surface area (Å²) in [5.74, 6) is 0.620. The van der Waals surface area contributed by atoms with Crippen LogP contribution in [0.3, 0.4) is 0 Å². The first-order valence-electron chi connectivity index (χ1n) is 14.3. The maximum absolute atomic E-state index is 14.1. The number of methoxy groups -OCH3 is 1. The molecule has 0 N–H and O–H groups in total. The van der Waals surface area contributed by atoms with Crippen molar-refractivity contribution in [3.8, 4) is 17.2 Å². The second-order valence-corrected chi connectivity index (χ2v) is 12.3. The van der Waals surface area contributed by atoms with Crippen LogP contribution >= 0.6 is 27.3 Å². The molecule has 0 bridgehead atoms. The van der Waals surface area contributed by atoms with E-state index in [0.717, 1.165) is 5.56 Å². The Bertz CT molecular complexity index is 1950. The Morgan fingerprint density at radius 1 is 1.13 bits per heavy atom. The summed E-state index contributed by atoms with van der Waals surface area (Å²) in [4.78, 5) is 32.5. The van der Waals surface area contributed by atoms with E-state index in [1.807, 2.05) is 44.2 Å². The molecule has 1 aromatic heterocycles. The number of nitrogens with zero attached hydrogens (tertiary/aromatic N) is 2. The number of esters is 1. The summed E-state index contributed by atoms with van der Waals surface area (Å²) in [6.07, 6.45) is 1.62. The van der Waals surface area contributed by atoms with Crippen LogP contribution < -0.4 is 29.1 Å². The quantitative estimate of drug-likeness (QED) is 0.187. The number of hydrogen-bond acceptors (Lipinski definition) is 8. The van der Waals surface area contributed by atoms with Crippen LogP contribution in [0.5, 0.6) is 17.2 Å². The molecule has 0 spiro atoms. The highest BCUT2D eigenvalue weighted by atomic mass is 79.9. The average Bonchev–Trinajstić information content (AvgIpc) is 3.30. The predicted molar refractivity (Wildman–Crippen MR) is 174 cm³/mol. The fraction of sp³-hybridized carbons (Fsp3) is 0.265. The van der Waals surface area contributed by atoms with Crippen molar-refractivity contribution >= 4 is 39.3 Å². The maximum atomic E-state index is 14.1. The van der Waals surface area contributed by atoms with Crippen molar-refractivity contribution in [1.82, 2.24) is 4.57 Å². The summed E-state index contributed by atoms with van der Waals surface area (Å²) in [6.45, 7) is 7.70. The zero-order valence-corrected chi connectivity index (χ0v) is 27.8. The summed E-state index contributed by atoms with van der Waals surface area (Å²) in [5.41, 5.74) is 2.57. The predicted octanol–water partition coefficient (Wildman–Crippen LogP) is 6.07. The van der Waals surface area contributed by atoms with Crippen molar-refractivity contribution in [3.63, 3.8) is 0 Å². The molecule has 5 rings (SSSR count). The second kappa shape index (κ2) is 13.8. The van der Waals surface area contributed by atoms with Crippen molar-refractivity contribution in [1.29, 1.82) is 0 Å². The lowest BCUT2D eigenvalue weighted by Crippen LogP contribution is -2.40. The van der Waals surface area contributed by atoms with Crippen molar-refractivity contribution in [2.24, 2.45) is 4.99 Å². The molecule has 1 atom stereocenters. The van der Waals surface area contributed by atoms with Gasteiger partial charge in [-0.1, -0.05) is 41.7 Å². The number of ether oxygens (including phenoxy) is 4. The van der Waals surface area contributed by atoms with Gasteiger partial charge in [-0.25, -0.2) is 14.2 Å². The fourth-order valence-electron chi connectivity index (χ4n) is 5.00. The smallest absolute Gasteiger partial charge is 0.338 e. The summed E-state index contributed by atoms with van der Waals surface area (Å²) >= 11 is 4.79. The molecule has 0 radical (unpaired) electrons. The molecule has 4 aromatic rings. The minimum Gasteiger partial charge on any atom is -0.493 e. The number of thiazole rings is 1. The van der Waals surface area contributed by atoms with Gasteiger partial charge in [0.15, 0.2) is 16.3 Å². The van der Waals surface area contributed by atoms with Crippen LogP contribution in [0.15, 0.2) is 86.2 Å². The van der Waals surface area contributed by atoms with Crippen molar-refractivity contribution in [3.05, 3.63) is 119 Å². The van der Waals surface area contributed by atoms with E-state index in [0.29, 0.717) is 47.9 Å². The van der Waals surface area contributed by atoms with Gasteiger partial charge in [0.25, 0.3) is 5.56 Å². The molecule has 3 aromatic carbocycles. The van der Waals surface area contributed by atoms with Crippen molar-refractivity contribution in [2.45, 2.75) is 46.4 Å². The molecular formula is C34H32BrFN2O6S. The highest BCUT2D eigenvalue weighted by molar-refractivity contribution is 9.10. The Hall–Kier alpha value is -4.22. The molecule has 0 unspecified atom stereocenters. The van der Waals surface area contributed by atoms with Crippen LogP contribution in [0.25, 0.3) is 6.08 Å². The number of carbonyl (C=O) groups excluding carboxylic acids is 1. The summed E-state index contributed by atoms with van der Waals surface area (Å²) in [7, 11) is 1.53. The van der Waals surface area contributed by atoms with Crippen LogP contribution in [0, 0.1) is 5.82 Å². The first-order chi connectivity index (χ1) is 21.6. The molecule has 8 nitrogen and oxygen atoms in total. The van der Waals surface area contributed by atoms with E-state index >= 15 is 0 Å². The van der Waals surface area contributed by atoms with Gasteiger partial charge in [0.1, 0.15) is 24.2 Å². The van der Waals surface area contributed by atoms with Crippen LogP contribution in [0.2, 0.25) is 0 Å². The summed E-state index contributed by atoms with van der Waals surface area (Å²) in [5, 5.41) is 0. The standard InChI is InChI=1S/C34H32BrFN2O6S/c1-6-42-33(40)29-20(4)37-34-38(30(29)24-9-7-8-10-26(24)44-19(2)3)32(39)28(45-34)17-22-15-25(35)31(27(16-22)41-5)43-18-21-11-13-23(36)14-12-21/h7-17,19,30H,6,18H2,1-5H3/b28-17+/t30-/m1/s1. The van der Waals surface area contributed by atoms with Crippen molar-refractivity contribution < 1.29 is 28.1 Å². The van der Waals surface area contributed by atoms with E-state index in [9.17, 15) is 14.0 Å². The molecule has 0 saturated carbocycles. The number of halogens is 2. The van der Waals surface area contributed by atoms with E-state index in [2.05, 4.69) is 20.9 Å². The Morgan fingerprint density at radius 2 is 1.87 bits per heavy atom. The third-order valence-electron chi connectivity index (χ3n) is 6.94. The number of aromatic nitrogens is 1. The Morgan fingerprint density at radius 3 is 2.56 bits per heavy atom. The highest BCUT2D eigenvalue weighted by Gasteiger charge is 2.35. The Labute approximate surface area is 272 Å². The maximum Gasteiger partial charge on any atom is 0.338 e. The molecular weight excluding hydrogens is 663 g/mol. The van der Waals surface area contributed by atoms with Gasteiger partial charge in [-0.15, -0.1) is 0 Å². The number of benzene rings is 3. The third-order valence-corrected chi connectivity index (χ3v) is 8.51. The molecule has 0 aliphatic carbocycles. The lowest BCUT2D eigenvalue weighted by atomic mass is 9.95. The van der Waals surface area contributed by atoms with Gasteiger partial charge >= 0.3 is 5.97 Å². The number of allylic oxidation sites excluding steroid dienone is 1. The molecule has 0 amide bonds. The van der Waals surface area contributed by atoms with E-state index in [4.69, 9.17) is 18.9 Å². The van der Waals surface area contributed by atoms with Crippen LogP contribution in [-0.4, -0.2) is 30.4 Å². The van der Waals surface area contributed by atoms with Crippen LogP contribution in [-0.2, 0) is 16.1 Å². The first kappa shape index (κ1) is 32.2. The van der Waals surface area contributed by atoms with Crippen LogP contribution in [0.4, 0.5) is 4.39 Å². The van der Waals surface area contributed by atoms with Gasteiger partial charge in [0, 0.05) is 5.56 Å². The lowest BCUT2D eigenvalue weighted by molar-refractivity contribution is -0.139. The van der Waals surface area contributed by atoms with E-state index in [-0.39, 0.29) is 36.3 Å². The zero-order valence-electron chi connectivity index (χ0n) is 25.4. The normalized spacial score (nSPS) is 14.7. The minimum atomic E-state index is -0.805. The number of hydrogen-bond donors (Lipinski definition) is 0. The van der Waals surface area contributed by atoms with E-state index < -0.39 is 12.0 Å². The number of rotatable bonds is 10. The van der Waals surface area contributed by atoms with Gasteiger partial charge in [0.05, 0.1) is 40.1 Å². The number of carbonyl (C=O) groups is 1. The van der Waals surface area contributed by atoms with Gasteiger partial charge < -0.3 is 18.9 Å². The van der Waals surface area contributed by atoms with E-state index in [1.165, 1.54) is 35.1 Å². The number of para-hydroxylation sites is 1. The monoisotopic (exact) mass is 694 g/mol. The second-order valence-electron chi connectivity index (χ2n) is 10.5. The Balaban J connectivity index is 1.60. The van der Waals surface area contributed by atoms with Gasteiger partial charge in [-0.2, -0.15) is 0 Å².